The predicted molar refractivity (Wildman–Crippen MR) is 88.6 cm³/mol. The Morgan fingerprint density at radius 2 is 2.05 bits per heavy atom. The highest BCUT2D eigenvalue weighted by molar-refractivity contribution is 9.11. The van der Waals surface area contributed by atoms with Gasteiger partial charge in [0.25, 0.3) is 5.91 Å². The van der Waals surface area contributed by atoms with Crippen LogP contribution >= 0.6 is 27.3 Å². The summed E-state index contributed by atoms with van der Waals surface area (Å²) < 4.78 is 1.12. The molecule has 0 fully saturated rings. The number of halogens is 1. The van der Waals surface area contributed by atoms with E-state index in [9.17, 15) is 4.79 Å². The Morgan fingerprint density at radius 3 is 2.65 bits per heavy atom. The molecule has 0 radical (unpaired) electrons. The summed E-state index contributed by atoms with van der Waals surface area (Å²) in [7, 11) is 1.64. The van der Waals surface area contributed by atoms with Gasteiger partial charge in [-0.3, -0.25) is 4.79 Å². The zero-order valence-corrected chi connectivity index (χ0v) is 14.1. The van der Waals surface area contributed by atoms with Gasteiger partial charge in [-0.05, 0) is 59.6 Å². The van der Waals surface area contributed by atoms with Crippen molar-refractivity contribution in [3.8, 4) is 0 Å². The number of amides is 1. The lowest BCUT2D eigenvalue weighted by molar-refractivity contribution is 0.0963. The van der Waals surface area contributed by atoms with Gasteiger partial charge in [-0.25, -0.2) is 0 Å². The van der Waals surface area contributed by atoms with E-state index in [0.29, 0.717) is 5.56 Å². The summed E-state index contributed by atoms with van der Waals surface area (Å²) in [5.74, 6) is -0.0698. The van der Waals surface area contributed by atoms with Crippen molar-refractivity contribution in [2.75, 3.05) is 12.4 Å². The van der Waals surface area contributed by atoms with Crippen molar-refractivity contribution in [3.63, 3.8) is 0 Å². The summed E-state index contributed by atoms with van der Waals surface area (Å²) in [5, 5.41) is 6.11. The molecule has 1 aromatic carbocycles. The Labute approximate surface area is 131 Å². The molecule has 1 aromatic heterocycles. The number of rotatable bonds is 4. The number of thiophene rings is 1. The van der Waals surface area contributed by atoms with Gasteiger partial charge >= 0.3 is 0 Å². The molecule has 2 aromatic rings. The molecule has 2 rings (SSSR count). The number of carbonyl (C=O) groups is 1. The number of benzene rings is 1. The van der Waals surface area contributed by atoms with Crippen molar-refractivity contribution in [2.45, 2.75) is 19.9 Å². The number of hydrogen-bond donors (Lipinski definition) is 2. The Hall–Kier alpha value is -1.33. The van der Waals surface area contributed by atoms with Crippen LogP contribution in [0.4, 0.5) is 5.69 Å². The quantitative estimate of drug-likeness (QED) is 0.858. The summed E-state index contributed by atoms with van der Waals surface area (Å²) in [5.41, 5.74) is 2.78. The maximum atomic E-state index is 11.7. The van der Waals surface area contributed by atoms with Gasteiger partial charge in [0.05, 0.1) is 9.83 Å². The molecule has 0 aliphatic rings. The van der Waals surface area contributed by atoms with Crippen LogP contribution in [0.25, 0.3) is 0 Å². The van der Waals surface area contributed by atoms with Gasteiger partial charge in [0.1, 0.15) is 0 Å². The van der Waals surface area contributed by atoms with Crippen LogP contribution in [0.15, 0.2) is 34.1 Å². The van der Waals surface area contributed by atoms with E-state index >= 15 is 0 Å². The third-order valence-electron chi connectivity index (χ3n) is 3.12. The van der Waals surface area contributed by atoms with Crippen LogP contribution in [0, 0.1) is 6.92 Å². The zero-order chi connectivity index (χ0) is 14.7. The first-order valence-corrected chi connectivity index (χ1v) is 7.96. The van der Waals surface area contributed by atoms with Crippen molar-refractivity contribution in [3.05, 3.63) is 50.1 Å². The average Bonchev–Trinajstić information content (AvgIpc) is 2.87. The number of hydrogen-bond acceptors (Lipinski definition) is 3. The number of nitrogens with one attached hydrogen (secondary N) is 2. The van der Waals surface area contributed by atoms with Crippen molar-refractivity contribution >= 4 is 38.9 Å². The molecular formula is C15H17BrN2OS. The van der Waals surface area contributed by atoms with E-state index in [-0.39, 0.29) is 11.9 Å². The second-order valence-corrected chi connectivity index (χ2v) is 7.11. The Balaban J connectivity index is 2.22. The molecule has 5 heteroatoms. The lowest BCUT2D eigenvalue weighted by Gasteiger charge is -2.16. The van der Waals surface area contributed by atoms with Crippen molar-refractivity contribution in [1.29, 1.82) is 0 Å². The molecule has 0 saturated carbocycles. The van der Waals surface area contributed by atoms with Crippen molar-refractivity contribution < 1.29 is 4.79 Å². The van der Waals surface area contributed by atoms with E-state index in [1.54, 1.807) is 18.4 Å². The summed E-state index contributed by atoms with van der Waals surface area (Å²) in [4.78, 5) is 12.9. The number of anilines is 1. The standard InChI is InChI=1S/C15H17BrN2OS/c1-9-4-5-11(15(19)17-3)8-12(9)18-10(2)13-6-7-14(16)20-13/h4-8,10,18H,1-3H3,(H,17,19). The number of carbonyl (C=O) groups excluding carboxylic acids is 1. The Bertz CT molecular complexity index is 624. The van der Waals surface area contributed by atoms with E-state index < -0.39 is 0 Å². The molecule has 0 saturated heterocycles. The van der Waals surface area contributed by atoms with Gasteiger partial charge < -0.3 is 10.6 Å². The monoisotopic (exact) mass is 352 g/mol. The molecule has 1 amide bonds. The highest BCUT2D eigenvalue weighted by Gasteiger charge is 2.11. The van der Waals surface area contributed by atoms with Gasteiger partial charge in [0.2, 0.25) is 0 Å². The smallest absolute Gasteiger partial charge is 0.251 e. The number of aryl methyl sites for hydroxylation is 1. The molecular weight excluding hydrogens is 336 g/mol. The summed E-state index contributed by atoms with van der Waals surface area (Å²) >= 11 is 5.19. The lowest BCUT2D eigenvalue weighted by Crippen LogP contribution is -2.18. The topological polar surface area (TPSA) is 41.1 Å². The van der Waals surface area contributed by atoms with E-state index in [0.717, 1.165) is 15.0 Å². The normalized spacial score (nSPS) is 12.0. The molecule has 20 heavy (non-hydrogen) atoms. The Kier molecular flexibility index (Phi) is 4.83. The predicted octanol–water partition coefficient (Wildman–Crippen LogP) is 4.35. The van der Waals surface area contributed by atoms with Crippen LogP contribution in [0.5, 0.6) is 0 Å². The maximum absolute atomic E-state index is 11.7. The van der Waals surface area contributed by atoms with E-state index in [1.165, 1.54) is 4.88 Å². The van der Waals surface area contributed by atoms with Crippen LogP contribution in [-0.4, -0.2) is 13.0 Å². The lowest BCUT2D eigenvalue weighted by atomic mass is 10.1. The molecule has 0 spiro atoms. The van der Waals surface area contributed by atoms with Crippen molar-refractivity contribution in [2.24, 2.45) is 0 Å². The zero-order valence-electron chi connectivity index (χ0n) is 11.7. The van der Waals surface area contributed by atoms with E-state index in [1.807, 2.05) is 31.2 Å². The highest BCUT2D eigenvalue weighted by Crippen LogP contribution is 2.30. The Morgan fingerprint density at radius 1 is 1.30 bits per heavy atom. The molecule has 0 bridgehead atoms. The summed E-state index contributed by atoms with van der Waals surface area (Å²) in [6.07, 6.45) is 0. The molecule has 106 valence electrons. The third kappa shape index (κ3) is 3.41. The summed E-state index contributed by atoms with van der Waals surface area (Å²) in [6.45, 7) is 4.15. The first kappa shape index (κ1) is 15.1. The van der Waals surface area contributed by atoms with Crippen LogP contribution in [0.3, 0.4) is 0 Å². The van der Waals surface area contributed by atoms with Crippen LogP contribution in [0.1, 0.15) is 33.8 Å². The maximum Gasteiger partial charge on any atom is 0.251 e. The molecule has 0 aliphatic heterocycles. The van der Waals surface area contributed by atoms with E-state index in [2.05, 4.69) is 39.6 Å². The van der Waals surface area contributed by atoms with Crippen LogP contribution < -0.4 is 10.6 Å². The first-order valence-electron chi connectivity index (χ1n) is 6.35. The average molecular weight is 353 g/mol. The minimum absolute atomic E-state index is 0.0698. The molecule has 1 heterocycles. The largest absolute Gasteiger partial charge is 0.377 e. The van der Waals surface area contributed by atoms with E-state index in [4.69, 9.17) is 0 Å². The second-order valence-electron chi connectivity index (χ2n) is 4.62. The third-order valence-corrected chi connectivity index (χ3v) is 4.93. The second kappa shape index (κ2) is 6.41. The molecule has 3 nitrogen and oxygen atoms in total. The van der Waals surface area contributed by atoms with Crippen LogP contribution in [-0.2, 0) is 0 Å². The first-order chi connectivity index (χ1) is 9.51. The molecule has 1 unspecified atom stereocenters. The van der Waals surface area contributed by atoms with Crippen molar-refractivity contribution in [1.82, 2.24) is 5.32 Å². The fraction of sp³-hybridized carbons (Fsp3) is 0.267. The summed E-state index contributed by atoms with van der Waals surface area (Å²) in [6, 6.07) is 10.0. The van der Waals surface area contributed by atoms with Gasteiger partial charge in [0, 0.05) is 23.2 Å². The minimum atomic E-state index is -0.0698. The fourth-order valence-corrected chi connectivity index (χ4v) is 3.35. The minimum Gasteiger partial charge on any atom is -0.377 e. The highest BCUT2D eigenvalue weighted by atomic mass is 79.9. The fourth-order valence-electron chi connectivity index (χ4n) is 1.93. The van der Waals surface area contributed by atoms with Gasteiger partial charge in [-0.15, -0.1) is 11.3 Å². The van der Waals surface area contributed by atoms with Crippen LogP contribution in [0.2, 0.25) is 0 Å². The van der Waals surface area contributed by atoms with Gasteiger partial charge in [0.15, 0.2) is 0 Å². The van der Waals surface area contributed by atoms with Gasteiger partial charge in [-0.1, -0.05) is 6.07 Å². The molecule has 1 atom stereocenters. The SMILES string of the molecule is CNC(=O)c1ccc(C)c(NC(C)c2ccc(Br)s2)c1. The van der Waals surface area contributed by atoms with Gasteiger partial charge in [-0.2, -0.15) is 0 Å². The molecule has 0 aliphatic carbocycles. The molecule has 2 N–H and O–H groups in total.